The molecule has 1 aromatic heterocycles. The number of aromatic amines is 1. The summed E-state index contributed by atoms with van der Waals surface area (Å²) in [6, 6.07) is 6.84. The minimum atomic E-state index is -0.495. The fraction of sp³-hybridized carbons (Fsp3) is 0.375. The molecule has 0 saturated heterocycles. The van der Waals surface area contributed by atoms with E-state index in [0.29, 0.717) is 17.9 Å². The second-order valence-electron chi connectivity index (χ2n) is 5.06. The Morgan fingerprint density at radius 3 is 2.73 bits per heavy atom. The fourth-order valence-corrected chi connectivity index (χ4v) is 2.55. The van der Waals surface area contributed by atoms with Gasteiger partial charge in [0.1, 0.15) is 17.5 Å². The Kier molecular flexibility index (Phi) is 4.70. The highest BCUT2D eigenvalue weighted by molar-refractivity contribution is 6.01. The lowest BCUT2D eigenvalue weighted by atomic mass is 10.1. The molecule has 1 aromatic carbocycles. The molecule has 6 heteroatoms. The van der Waals surface area contributed by atoms with Crippen LogP contribution in [0.3, 0.4) is 0 Å². The summed E-state index contributed by atoms with van der Waals surface area (Å²) in [5, 5.41) is 3.43. The second-order valence-corrected chi connectivity index (χ2v) is 5.06. The third-order valence-electron chi connectivity index (χ3n) is 3.80. The van der Waals surface area contributed by atoms with Gasteiger partial charge < -0.3 is 19.9 Å². The van der Waals surface area contributed by atoms with E-state index in [9.17, 15) is 9.59 Å². The molecule has 2 N–H and O–H groups in total. The number of amides is 2. The standard InChI is InChI=1S/C16H21N3O3/c1-5-13(15(20)17-2)19(3)16(21)12-9-10-11(18-12)7-6-8-14(10)22-4/h6-9,13,18H,5H2,1-4H3,(H,17,20). The molecule has 0 fully saturated rings. The number of hydrogen-bond donors (Lipinski definition) is 2. The number of carbonyl (C=O) groups excluding carboxylic acids is 2. The average molecular weight is 303 g/mol. The predicted octanol–water partition coefficient (Wildman–Crippen LogP) is 1.77. The van der Waals surface area contributed by atoms with E-state index in [4.69, 9.17) is 4.74 Å². The smallest absolute Gasteiger partial charge is 0.270 e. The molecular formula is C16H21N3O3. The monoisotopic (exact) mass is 303 g/mol. The van der Waals surface area contributed by atoms with Gasteiger partial charge in [0.2, 0.25) is 5.91 Å². The van der Waals surface area contributed by atoms with Gasteiger partial charge in [-0.15, -0.1) is 0 Å². The Labute approximate surface area is 129 Å². The zero-order valence-electron chi connectivity index (χ0n) is 13.3. The van der Waals surface area contributed by atoms with Crippen molar-refractivity contribution in [2.45, 2.75) is 19.4 Å². The summed E-state index contributed by atoms with van der Waals surface area (Å²) >= 11 is 0. The lowest BCUT2D eigenvalue weighted by Crippen LogP contribution is -2.46. The van der Waals surface area contributed by atoms with Crippen LogP contribution in [0.4, 0.5) is 0 Å². The first-order valence-electron chi connectivity index (χ1n) is 7.18. The van der Waals surface area contributed by atoms with Gasteiger partial charge in [0.15, 0.2) is 0 Å². The molecule has 1 atom stereocenters. The van der Waals surface area contributed by atoms with Gasteiger partial charge in [-0.05, 0) is 24.6 Å². The highest BCUT2D eigenvalue weighted by Gasteiger charge is 2.26. The topological polar surface area (TPSA) is 74.4 Å². The van der Waals surface area contributed by atoms with E-state index in [-0.39, 0.29) is 11.8 Å². The molecule has 0 bridgehead atoms. The van der Waals surface area contributed by atoms with Gasteiger partial charge in [0.05, 0.1) is 7.11 Å². The number of H-pyrrole nitrogens is 1. The molecule has 2 aromatic rings. The van der Waals surface area contributed by atoms with Crippen molar-refractivity contribution in [3.05, 3.63) is 30.0 Å². The summed E-state index contributed by atoms with van der Waals surface area (Å²) in [6.45, 7) is 1.87. The van der Waals surface area contributed by atoms with Crippen LogP contribution < -0.4 is 10.1 Å². The summed E-state index contributed by atoms with van der Waals surface area (Å²) in [7, 11) is 4.79. The van der Waals surface area contributed by atoms with Crippen molar-refractivity contribution in [1.29, 1.82) is 0 Å². The van der Waals surface area contributed by atoms with E-state index in [0.717, 1.165) is 10.9 Å². The summed E-state index contributed by atoms with van der Waals surface area (Å²) in [5.41, 5.74) is 1.26. The van der Waals surface area contributed by atoms with Crippen molar-refractivity contribution in [2.24, 2.45) is 0 Å². The van der Waals surface area contributed by atoms with Crippen LogP contribution in [0.2, 0.25) is 0 Å². The summed E-state index contributed by atoms with van der Waals surface area (Å²) < 4.78 is 5.30. The van der Waals surface area contributed by atoms with E-state index < -0.39 is 6.04 Å². The van der Waals surface area contributed by atoms with Crippen LogP contribution >= 0.6 is 0 Å². The van der Waals surface area contributed by atoms with Crippen LogP contribution in [-0.2, 0) is 4.79 Å². The first-order valence-corrected chi connectivity index (χ1v) is 7.18. The van der Waals surface area contributed by atoms with Crippen molar-refractivity contribution >= 4 is 22.7 Å². The molecule has 0 spiro atoms. The number of carbonyl (C=O) groups is 2. The first kappa shape index (κ1) is 15.9. The second kappa shape index (κ2) is 6.51. The molecule has 1 heterocycles. The van der Waals surface area contributed by atoms with Gasteiger partial charge in [-0.25, -0.2) is 0 Å². The number of hydrogen-bond acceptors (Lipinski definition) is 3. The minimum Gasteiger partial charge on any atom is -0.496 e. The zero-order chi connectivity index (χ0) is 16.3. The van der Waals surface area contributed by atoms with E-state index in [1.807, 2.05) is 25.1 Å². The van der Waals surface area contributed by atoms with Crippen LogP contribution in [-0.4, -0.2) is 48.9 Å². The average Bonchev–Trinajstić information content (AvgIpc) is 2.98. The van der Waals surface area contributed by atoms with Gasteiger partial charge in [-0.2, -0.15) is 0 Å². The number of rotatable bonds is 5. The van der Waals surface area contributed by atoms with E-state index in [1.165, 1.54) is 4.90 Å². The molecule has 0 radical (unpaired) electrons. The number of ether oxygens (including phenoxy) is 1. The Bertz CT molecular complexity index is 693. The minimum absolute atomic E-state index is 0.174. The summed E-state index contributed by atoms with van der Waals surface area (Å²) in [6.07, 6.45) is 0.547. The zero-order valence-corrected chi connectivity index (χ0v) is 13.3. The number of likely N-dealkylation sites (N-methyl/N-ethyl adjacent to an activating group) is 2. The van der Waals surface area contributed by atoms with Gasteiger partial charge >= 0.3 is 0 Å². The molecule has 0 aliphatic rings. The molecule has 118 valence electrons. The number of benzene rings is 1. The Hall–Kier alpha value is -2.50. The van der Waals surface area contributed by atoms with Gasteiger partial charge in [-0.1, -0.05) is 13.0 Å². The molecule has 2 amide bonds. The van der Waals surface area contributed by atoms with Crippen molar-refractivity contribution in [2.75, 3.05) is 21.2 Å². The highest BCUT2D eigenvalue weighted by atomic mass is 16.5. The Morgan fingerprint density at radius 2 is 2.14 bits per heavy atom. The Balaban J connectivity index is 2.34. The maximum Gasteiger partial charge on any atom is 0.270 e. The van der Waals surface area contributed by atoms with Gasteiger partial charge in [-0.3, -0.25) is 9.59 Å². The molecule has 6 nitrogen and oxygen atoms in total. The van der Waals surface area contributed by atoms with Crippen LogP contribution in [0.1, 0.15) is 23.8 Å². The van der Waals surface area contributed by atoms with Crippen LogP contribution in [0.15, 0.2) is 24.3 Å². The molecule has 0 saturated carbocycles. The van der Waals surface area contributed by atoms with Crippen LogP contribution in [0.5, 0.6) is 5.75 Å². The third kappa shape index (κ3) is 2.77. The van der Waals surface area contributed by atoms with E-state index in [2.05, 4.69) is 10.3 Å². The molecule has 0 aliphatic carbocycles. The van der Waals surface area contributed by atoms with E-state index >= 15 is 0 Å². The first-order chi connectivity index (χ1) is 10.5. The number of aromatic nitrogens is 1. The molecule has 22 heavy (non-hydrogen) atoms. The van der Waals surface area contributed by atoms with Crippen molar-refractivity contribution < 1.29 is 14.3 Å². The predicted molar refractivity (Wildman–Crippen MR) is 85.1 cm³/mol. The van der Waals surface area contributed by atoms with Crippen molar-refractivity contribution in [1.82, 2.24) is 15.2 Å². The number of methoxy groups -OCH3 is 1. The van der Waals surface area contributed by atoms with Crippen molar-refractivity contribution in [3.63, 3.8) is 0 Å². The number of fused-ring (bicyclic) bond motifs is 1. The van der Waals surface area contributed by atoms with Crippen LogP contribution in [0.25, 0.3) is 10.9 Å². The lowest BCUT2D eigenvalue weighted by Gasteiger charge is -2.25. The van der Waals surface area contributed by atoms with Crippen molar-refractivity contribution in [3.8, 4) is 5.75 Å². The maximum atomic E-state index is 12.6. The SMILES string of the molecule is CCC(C(=O)NC)N(C)C(=O)c1cc2c(OC)cccc2[nH]1. The largest absolute Gasteiger partial charge is 0.496 e. The summed E-state index contributed by atoms with van der Waals surface area (Å²) in [4.78, 5) is 29.0. The molecular weight excluding hydrogens is 282 g/mol. The van der Waals surface area contributed by atoms with Crippen LogP contribution in [0, 0.1) is 0 Å². The molecule has 0 aliphatic heterocycles. The fourth-order valence-electron chi connectivity index (χ4n) is 2.55. The quantitative estimate of drug-likeness (QED) is 0.884. The highest BCUT2D eigenvalue weighted by Crippen LogP contribution is 2.26. The lowest BCUT2D eigenvalue weighted by molar-refractivity contribution is -0.124. The van der Waals surface area contributed by atoms with Gasteiger partial charge in [0, 0.05) is 25.0 Å². The van der Waals surface area contributed by atoms with E-state index in [1.54, 1.807) is 27.3 Å². The summed E-state index contributed by atoms with van der Waals surface area (Å²) in [5.74, 6) is 0.301. The number of nitrogens with one attached hydrogen (secondary N) is 2. The normalized spacial score (nSPS) is 12.0. The molecule has 1 unspecified atom stereocenters. The third-order valence-corrected chi connectivity index (χ3v) is 3.80. The number of nitrogens with zero attached hydrogens (tertiary/aromatic N) is 1. The Morgan fingerprint density at radius 1 is 1.41 bits per heavy atom. The maximum absolute atomic E-state index is 12.6. The molecule has 2 rings (SSSR count). The van der Waals surface area contributed by atoms with Gasteiger partial charge in [0.25, 0.3) is 5.91 Å².